The quantitative estimate of drug-likeness (QED) is 0.149. The number of hydrogen-bond acceptors (Lipinski definition) is 8. The van der Waals surface area contributed by atoms with Crippen molar-refractivity contribution in [3.05, 3.63) is 72.8 Å². The molecular weight excluding hydrogens is 436 g/mol. The third-order valence-electron chi connectivity index (χ3n) is 4.23. The number of hydrogen-bond donors (Lipinski definition) is 0. The first-order chi connectivity index (χ1) is 16.3. The van der Waals surface area contributed by atoms with Crippen LogP contribution in [0.4, 0.5) is 11.4 Å². The van der Waals surface area contributed by atoms with Gasteiger partial charge in [-0.15, -0.1) is 0 Å². The lowest BCUT2D eigenvalue weighted by molar-refractivity contribution is -0.140. The van der Waals surface area contributed by atoms with Crippen LogP contribution in [0, 0.1) is 0 Å². The zero-order chi connectivity index (χ0) is 24.8. The Labute approximate surface area is 199 Å². The van der Waals surface area contributed by atoms with Crippen molar-refractivity contribution in [3.8, 4) is 11.5 Å². The molecule has 2 rings (SSSR count). The predicted octanol–water partition coefficient (Wildman–Crippen LogP) is 5.88. The molecule has 8 nitrogen and oxygen atoms in total. The SMILES string of the molecule is C=C(C)C(=O)OCCCOc1ccc(N=Nc2ccc(OCCCOC(=O)C(=C)C)cc2)cc1. The molecule has 0 amide bonds. The van der Waals surface area contributed by atoms with Gasteiger partial charge in [-0.2, -0.15) is 10.2 Å². The summed E-state index contributed by atoms with van der Waals surface area (Å²) in [6, 6.07) is 14.4. The zero-order valence-corrected chi connectivity index (χ0v) is 19.6. The topological polar surface area (TPSA) is 95.8 Å². The van der Waals surface area contributed by atoms with Gasteiger partial charge in [-0.3, -0.25) is 0 Å². The summed E-state index contributed by atoms with van der Waals surface area (Å²) in [4.78, 5) is 22.6. The first kappa shape index (κ1) is 26.3. The molecule has 0 aromatic heterocycles. The molecule has 0 bridgehead atoms. The van der Waals surface area contributed by atoms with Crippen LogP contribution < -0.4 is 9.47 Å². The Morgan fingerprint density at radius 3 is 1.32 bits per heavy atom. The second kappa shape index (κ2) is 14.3. The van der Waals surface area contributed by atoms with Crippen molar-refractivity contribution in [1.82, 2.24) is 0 Å². The highest BCUT2D eigenvalue weighted by Gasteiger charge is 2.03. The minimum atomic E-state index is -0.393. The maximum atomic E-state index is 11.3. The summed E-state index contributed by atoms with van der Waals surface area (Å²) in [5.74, 6) is 0.605. The summed E-state index contributed by atoms with van der Waals surface area (Å²) < 4.78 is 21.3. The van der Waals surface area contributed by atoms with Crippen molar-refractivity contribution in [2.24, 2.45) is 10.2 Å². The molecule has 0 fully saturated rings. The van der Waals surface area contributed by atoms with Crippen molar-refractivity contribution < 1.29 is 28.5 Å². The van der Waals surface area contributed by atoms with Crippen LogP contribution in [0.1, 0.15) is 26.7 Å². The fourth-order valence-corrected chi connectivity index (χ4v) is 2.41. The molecule has 0 radical (unpaired) electrons. The average Bonchev–Trinajstić information content (AvgIpc) is 2.83. The molecule has 8 heteroatoms. The van der Waals surface area contributed by atoms with E-state index in [0.717, 1.165) is 0 Å². The van der Waals surface area contributed by atoms with Gasteiger partial charge < -0.3 is 18.9 Å². The summed E-state index contributed by atoms with van der Waals surface area (Å²) in [7, 11) is 0. The Hall–Kier alpha value is -3.94. The largest absolute Gasteiger partial charge is 0.493 e. The third-order valence-corrected chi connectivity index (χ3v) is 4.23. The molecule has 0 unspecified atom stereocenters. The maximum absolute atomic E-state index is 11.3. The average molecular weight is 467 g/mol. The van der Waals surface area contributed by atoms with Crippen LogP contribution in [-0.2, 0) is 19.1 Å². The number of esters is 2. The highest BCUT2D eigenvalue weighted by atomic mass is 16.5. The van der Waals surface area contributed by atoms with Crippen molar-refractivity contribution >= 4 is 23.3 Å². The summed E-state index contributed by atoms with van der Waals surface area (Å²) >= 11 is 0. The van der Waals surface area contributed by atoms with E-state index in [4.69, 9.17) is 18.9 Å². The summed E-state index contributed by atoms with van der Waals surface area (Å²) in [5.41, 5.74) is 2.14. The van der Waals surface area contributed by atoms with Crippen LogP contribution in [0.5, 0.6) is 11.5 Å². The third kappa shape index (κ3) is 10.1. The highest BCUT2D eigenvalue weighted by molar-refractivity contribution is 5.87. The van der Waals surface area contributed by atoms with Gasteiger partial charge in [0.05, 0.1) is 37.8 Å². The molecule has 2 aromatic rings. The van der Waals surface area contributed by atoms with E-state index < -0.39 is 11.9 Å². The fourth-order valence-electron chi connectivity index (χ4n) is 2.41. The zero-order valence-electron chi connectivity index (χ0n) is 19.6. The lowest BCUT2D eigenvalue weighted by atomic mass is 10.3. The molecule has 0 spiro atoms. The van der Waals surface area contributed by atoms with E-state index in [1.54, 1.807) is 62.4 Å². The molecule has 180 valence electrons. The van der Waals surface area contributed by atoms with Gasteiger partial charge in [0.15, 0.2) is 0 Å². The fraction of sp³-hybridized carbons (Fsp3) is 0.308. The summed E-state index contributed by atoms with van der Waals surface area (Å²) in [6.07, 6.45) is 1.17. The van der Waals surface area contributed by atoms with Crippen molar-refractivity contribution in [1.29, 1.82) is 0 Å². The molecule has 0 saturated heterocycles. The Bertz CT molecular complexity index is 915. The van der Waals surface area contributed by atoms with E-state index in [0.29, 0.717) is 60.1 Å². The molecule has 0 N–H and O–H groups in total. The van der Waals surface area contributed by atoms with Gasteiger partial charge in [-0.1, -0.05) is 13.2 Å². The summed E-state index contributed by atoms with van der Waals surface area (Å²) in [5, 5.41) is 8.43. The van der Waals surface area contributed by atoms with E-state index in [2.05, 4.69) is 23.4 Å². The Balaban J connectivity index is 1.68. The van der Waals surface area contributed by atoms with Gasteiger partial charge in [0, 0.05) is 24.0 Å². The van der Waals surface area contributed by atoms with Gasteiger partial charge >= 0.3 is 11.9 Å². The minimum absolute atomic E-state index is 0.284. The molecule has 0 aliphatic carbocycles. The van der Waals surface area contributed by atoms with Crippen molar-refractivity contribution in [3.63, 3.8) is 0 Å². The van der Waals surface area contributed by atoms with E-state index in [-0.39, 0.29) is 13.2 Å². The number of benzene rings is 2. The Morgan fingerprint density at radius 2 is 1.00 bits per heavy atom. The molecule has 0 atom stereocenters. The van der Waals surface area contributed by atoms with Crippen LogP contribution in [0.25, 0.3) is 0 Å². The van der Waals surface area contributed by atoms with Gasteiger partial charge in [0.25, 0.3) is 0 Å². The number of azo groups is 1. The number of rotatable bonds is 14. The monoisotopic (exact) mass is 466 g/mol. The second-order valence-corrected chi connectivity index (χ2v) is 7.42. The van der Waals surface area contributed by atoms with Crippen LogP contribution in [0.15, 0.2) is 83.1 Å². The van der Waals surface area contributed by atoms with Crippen LogP contribution >= 0.6 is 0 Å². The lowest BCUT2D eigenvalue weighted by Gasteiger charge is -2.07. The number of nitrogens with zero attached hydrogens (tertiary/aromatic N) is 2. The van der Waals surface area contributed by atoms with Crippen LogP contribution in [0.3, 0.4) is 0 Å². The normalized spacial score (nSPS) is 10.5. The van der Waals surface area contributed by atoms with Gasteiger partial charge in [-0.25, -0.2) is 9.59 Å². The number of ether oxygens (including phenoxy) is 4. The van der Waals surface area contributed by atoms with E-state index in [9.17, 15) is 9.59 Å². The Morgan fingerprint density at radius 1 is 0.647 bits per heavy atom. The van der Waals surface area contributed by atoms with E-state index in [1.165, 1.54) is 0 Å². The molecule has 2 aromatic carbocycles. The molecule has 0 heterocycles. The standard InChI is InChI=1S/C26H30N2O6/c1-19(2)25(29)33-17-5-15-31-23-11-7-21(8-12-23)27-28-22-9-13-24(14-10-22)32-16-6-18-34-26(30)20(3)4/h7-14H,1,3,5-6,15-18H2,2,4H3. The second-order valence-electron chi connectivity index (χ2n) is 7.42. The van der Waals surface area contributed by atoms with Crippen molar-refractivity contribution in [2.45, 2.75) is 26.7 Å². The number of carbonyl (C=O) groups is 2. The Kier molecular flexibility index (Phi) is 11.0. The first-order valence-electron chi connectivity index (χ1n) is 10.9. The number of carbonyl (C=O) groups excluding carboxylic acids is 2. The maximum Gasteiger partial charge on any atom is 0.333 e. The molecule has 34 heavy (non-hydrogen) atoms. The van der Waals surface area contributed by atoms with Gasteiger partial charge in [0.2, 0.25) is 0 Å². The van der Waals surface area contributed by atoms with Crippen molar-refractivity contribution in [2.75, 3.05) is 26.4 Å². The molecule has 0 aliphatic heterocycles. The smallest absolute Gasteiger partial charge is 0.333 e. The van der Waals surface area contributed by atoms with Gasteiger partial charge in [-0.05, 0) is 62.4 Å². The van der Waals surface area contributed by atoms with E-state index >= 15 is 0 Å². The predicted molar refractivity (Wildman–Crippen MR) is 129 cm³/mol. The minimum Gasteiger partial charge on any atom is -0.493 e. The highest BCUT2D eigenvalue weighted by Crippen LogP contribution is 2.23. The van der Waals surface area contributed by atoms with E-state index in [1.807, 2.05) is 0 Å². The first-order valence-corrected chi connectivity index (χ1v) is 10.9. The van der Waals surface area contributed by atoms with Crippen LogP contribution in [-0.4, -0.2) is 38.4 Å². The van der Waals surface area contributed by atoms with Crippen LogP contribution in [0.2, 0.25) is 0 Å². The lowest BCUT2D eigenvalue weighted by Crippen LogP contribution is -2.09. The summed E-state index contributed by atoms with van der Waals surface area (Å²) in [6.45, 7) is 11.7. The van der Waals surface area contributed by atoms with Gasteiger partial charge in [0.1, 0.15) is 11.5 Å². The molecular formula is C26H30N2O6. The molecule has 0 aliphatic rings. The molecule has 0 saturated carbocycles.